The monoisotopic (exact) mass is 570 g/mol. The van der Waals surface area contributed by atoms with E-state index in [4.69, 9.17) is 9.47 Å². The first-order chi connectivity index (χ1) is 20.0. The van der Waals surface area contributed by atoms with Crippen LogP contribution in [0, 0.1) is 29.1 Å². The molecule has 2 aliphatic heterocycles. The molecular formula is C34H38N2O6. The van der Waals surface area contributed by atoms with Gasteiger partial charge in [-0.3, -0.25) is 19.2 Å². The molecule has 3 fully saturated rings. The number of hydrogen-bond acceptors (Lipinski definition) is 6. The molecule has 2 aliphatic carbocycles. The van der Waals surface area contributed by atoms with Gasteiger partial charge in [-0.25, -0.2) is 0 Å². The number of amides is 1. The van der Waals surface area contributed by atoms with Gasteiger partial charge < -0.3 is 19.8 Å². The van der Waals surface area contributed by atoms with Gasteiger partial charge in [-0.05, 0) is 67.9 Å². The Morgan fingerprint density at radius 2 is 1.90 bits per heavy atom. The van der Waals surface area contributed by atoms with Crippen molar-refractivity contribution in [3.63, 3.8) is 0 Å². The maximum Gasteiger partial charge on any atom is 0.303 e. The summed E-state index contributed by atoms with van der Waals surface area (Å²) in [4.78, 5) is 57.2. The molecule has 1 aromatic heterocycles. The van der Waals surface area contributed by atoms with Gasteiger partial charge in [-0.15, -0.1) is 0 Å². The van der Waals surface area contributed by atoms with Gasteiger partial charge in [0.1, 0.15) is 5.41 Å². The summed E-state index contributed by atoms with van der Waals surface area (Å²) < 4.78 is 11.7. The van der Waals surface area contributed by atoms with Crippen molar-refractivity contribution in [2.24, 2.45) is 29.1 Å². The summed E-state index contributed by atoms with van der Waals surface area (Å²) in [6.45, 7) is 9.17. The van der Waals surface area contributed by atoms with E-state index in [2.05, 4.69) is 30.2 Å². The van der Waals surface area contributed by atoms with Gasteiger partial charge in [0.15, 0.2) is 11.9 Å². The largest absolute Gasteiger partial charge is 0.450 e. The Bertz CT molecular complexity index is 1570. The maximum atomic E-state index is 14.4. The van der Waals surface area contributed by atoms with Gasteiger partial charge in [-0.2, -0.15) is 0 Å². The summed E-state index contributed by atoms with van der Waals surface area (Å²) in [5, 5.41) is 4.32. The zero-order chi connectivity index (χ0) is 30.0. The van der Waals surface area contributed by atoms with Crippen molar-refractivity contribution in [1.29, 1.82) is 0 Å². The van der Waals surface area contributed by atoms with Crippen LogP contribution in [0.2, 0.25) is 0 Å². The van der Waals surface area contributed by atoms with Gasteiger partial charge >= 0.3 is 5.97 Å². The molecular weight excluding hydrogens is 532 g/mol. The lowest BCUT2D eigenvalue weighted by atomic mass is 9.51. The Balaban J connectivity index is 1.45. The number of hydrogen-bond donors (Lipinski definition) is 2. The SMILES string of the molecule is CC(=O)O[C@H]1C(=O)/C=C/C(=O)[C@]23C(=O)N[C@@H](Cc4c[nH]c5ccccc45)[C@@H]2[C@H](C)[C@@]2(C)O[C@H]2[C@@H]3/C=C/C[C@H](C)/C=C/1C. The van der Waals surface area contributed by atoms with Crippen molar-refractivity contribution in [3.05, 3.63) is 72.0 Å². The number of carbonyl (C=O) groups excluding carboxylic acids is 4. The van der Waals surface area contributed by atoms with Crippen LogP contribution in [-0.2, 0) is 35.1 Å². The molecule has 3 heterocycles. The van der Waals surface area contributed by atoms with Gasteiger partial charge in [-0.1, -0.05) is 50.3 Å². The predicted octanol–water partition coefficient (Wildman–Crippen LogP) is 4.40. The van der Waals surface area contributed by atoms with Crippen LogP contribution in [0.25, 0.3) is 10.9 Å². The Morgan fingerprint density at radius 1 is 1.14 bits per heavy atom. The van der Waals surface area contributed by atoms with E-state index in [-0.39, 0.29) is 35.8 Å². The minimum atomic E-state index is -1.44. The molecule has 1 saturated carbocycles. The number of benzene rings is 1. The third-order valence-corrected chi connectivity index (χ3v) is 10.1. The zero-order valence-corrected chi connectivity index (χ0v) is 24.7. The molecule has 2 N–H and O–H groups in total. The number of aromatic amines is 1. The van der Waals surface area contributed by atoms with Gasteiger partial charge in [0.25, 0.3) is 0 Å². The van der Waals surface area contributed by atoms with E-state index in [1.807, 2.05) is 49.5 Å². The smallest absolute Gasteiger partial charge is 0.303 e. The van der Waals surface area contributed by atoms with Crippen molar-refractivity contribution in [2.75, 3.05) is 0 Å². The first-order valence-corrected chi connectivity index (χ1v) is 14.8. The van der Waals surface area contributed by atoms with Gasteiger partial charge in [0, 0.05) is 41.9 Å². The molecule has 0 bridgehead atoms. The minimum absolute atomic E-state index is 0.0281. The Kier molecular flexibility index (Phi) is 6.88. The summed E-state index contributed by atoms with van der Waals surface area (Å²) in [5.41, 5.74) is 0.774. The van der Waals surface area contributed by atoms with E-state index < -0.39 is 40.6 Å². The number of rotatable bonds is 3. The van der Waals surface area contributed by atoms with Crippen molar-refractivity contribution < 1.29 is 28.7 Å². The standard InChI is InChI=1S/C34H38N2O6/c1-18-9-8-11-24-31-33(5,42-31)20(3)29-26(16-22-17-35-25-12-7-6-10-23(22)25)36-32(40)34(24,29)28(39)14-13-27(38)30(19(2)15-18)41-21(4)37/h6-8,10-15,17-18,20,24,26,29-31,35H,9,16H2,1-5H3,(H,36,40)/b11-8+,14-13+,19-15+/t18-,20-,24-,26-,29-,30+,31-,33+,34-/m0/s1. The van der Waals surface area contributed by atoms with Crippen LogP contribution in [-0.4, -0.2) is 52.3 Å². The number of nitrogens with one attached hydrogen (secondary N) is 2. The molecule has 8 heteroatoms. The first kappa shape index (κ1) is 28.3. The van der Waals surface area contributed by atoms with Crippen LogP contribution in [0.15, 0.2) is 66.4 Å². The van der Waals surface area contributed by atoms with E-state index in [9.17, 15) is 19.2 Å². The lowest BCUT2D eigenvalue weighted by Gasteiger charge is -2.45. The van der Waals surface area contributed by atoms with Crippen LogP contribution in [0.1, 0.15) is 46.6 Å². The normalized spacial score (nSPS) is 40.6. The number of para-hydroxylation sites is 1. The van der Waals surface area contributed by atoms with E-state index in [0.29, 0.717) is 18.4 Å². The summed E-state index contributed by atoms with van der Waals surface area (Å²) >= 11 is 0. The Labute approximate surface area is 245 Å². The molecule has 220 valence electrons. The average molecular weight is 571 g/mol. The second-order valence-electron chi connectivity index (χ2n) is 12.7. The number of aromatic nitrogens is 1. The number of H-pyrrole nitrogens is 1. The van der Waals surface area contributed by atoms with Crippen molar-refractivity contribution in [3.8, 4) is 0 Å². The van der Waals surface area contributed by atoms with Crippen molar-refractivity contribution in [2.45, 2.75) is 71.3 Å². The molecule has 0 radical (unpaired) electrons. The van der Waals surface area contributed by atoms with Crippen LogP contribution >= 0.6 is 0 Å². The summed E-state index contributed by atoms with van der Waals surface area (Å²) in [6, 6.07) is 7.72. The molecule has 1 amide bonds. The van der Waals surface area contributed by atoms with E-state index in [1.54, 1.807) is 6.92 Å². The lowest BCUT2D eigenvalue weighted by Crippen LogP contribution is -2.58. The van der Waals surface area contributed by atoms with Crippen LogP contribution in [0.3, 0.4) is 0 Å². The predicted molar refractivity (Wildman–Crippen MR) is 157 cm³/mol. The molecule has 9 atom stereocenters. The Hall–Kier alpha value is -3.78. The van der Waals surface area contributed by atoms with Crippen molar-refractivity contribution in [1.82, 2.24) is 10.3 Å². The molecule has 1 spiro atoms. The number of ketones is 2. The topological polar surface area (TPSA) is 118 Å². The Morgan fingerprint density at radius 3 is 2.67 bits per heavy atom. The molecule has 6 rings (SSSR count). The number of carbonyl (C=O) groups is 4. The van der Waals surface area contributed by atoms with Crippen LogP contribution < -0.4 is 5.32 Å². The van der Waals surface area contributed by atoms with E-state index in [0.717, 1.165) is 16.5 Å². The van der Waals surface area contributed by atoms with Gasteiger partial charge in [0.2, 0.25) is 11.7 Å². The molecule has 4 aliphatic rings. The number of allylic oxidation sites excluding steroid dienone is 3. The second-order valence-corrected chi connectivity index (χ2v) is 12.7. The fourth-order valence-corrected chi connectivity index (χ4v) is 7.97. The first-order valence-electron chi connectivity index (χ1n) is 14.8. The molecule has 1 aromatic carbocycles. The summed E-state index contributed by atoms with van der Waals surface area (Å²) in [7, 11) is 0. The number of fused-ring (bicyclic) bond motifs is 3. The highest BCUT2D eigenvalue weighted by Crippen LogP contribution is 2.66. The third-order valence-electron chi connectivity index (χ3n) is 10.1. The fraction of sp³-hybridized carbons (Fsp3) is 0.471. The average Bonchev–Trinajstić information content (AvgIpc) is 3.35. The van der Waals surface area contributed by atoms with E-state index >= 15 is 0 Å². The third kappa shape index (κ3) is 4.30. The van der Waals surface area contributed by atoms with Crippen LogP contribution in [0.4, 0.5) is 0 Å². The zero-order valence-electron chi connectivity index (χ0n) is 24.7. The maximum absolute atomic E-state index is 14.4. The second kappa shape index (κ2) is 10.2. The molecule has 0 unspecified atom stereocenters. The molecule has 8 nitrogen and oxygen atoms in total. The van der Waals surface area contributed by atoms with Crippen molar-refractivity contribution >= 4 is 34.3 Å². The summed E-state index contributed by atoms with van der Waals surface area (Å²) in [5.74, 6) is -2.80. The number of esters is 1. The van der Waals surface area contributed by atoms with E-state index in [1.165, 1.54) is 19.1 Å². The molecule has 42 heavy (non-hydrogen) atoms. The van der Waals surface area contributed by atoms with Gasteiger partial charge in [0.05, 0.1) is 11.7 Å². The highest BCUT2D eigenvalue weighted by molar-refractivity contribution is 6.15. The fourth-order valence-electron chi connectivity index (χ4n) is 7.97. The highest BCUT2D eigenvalue weighted by Gasteiger charge is 2.78. The van der Waals surface area contributed by atoms with Crippen LogP contribution in [0.5, 0.6) is 0 Å². The molecule has 2 aromatic rings. The summed E-state index contributed by atoms with van der Waals surface area (Å²) in [6.07, 6.45) is 10.1. The number of ether oxygens (including phenoxy) is 2. The molecule has 2 saturated heterocycles. The number of epoxide rings is 1. The quantitative estimate of drug-likeness (QED) is 0.244. The minimum Gasteiger partial charge on any atom is -0.450 e. The highest BCUT2D eigenvalue weighted by atomic mass is 16.6. The lowest BCUT2D eigenvalue weighted by molar-refractivity contribution is -0.149.